The number of rotatable bonds is 9. The molecule has 0 amide bonds. The lowest BCUT2D eigenvalue weighted by Gasteiger charge is -2.11. The van der Waals surface area contributed by atoms with Gasteiger partial charge in [0, 0.05) is 44.6 Å². The largest absolute Gasteiger partial charge is 0.382 e. The zero-order valence-electron chi connectivity index (χ0n) is 15.1. The zero-order valence-corrected chi connectivity index (χ0v) is 17.4. The predicted octanol–water partition coefficient (Wildman–Crippen LogP) is 2.53. The van der Waals surface area contributed by atoms with Gasteiger partial charge in [0.25, 0.3) is 0 Å². The van der Waals surface area contributed by atoms with Crippen LogP contribution >= 0.6 is 24.0 Å². The van der Waals surface area contributed by atoms with E-state index in [-0.39, 0.29) is 24.0 Å². The smallest absolute Gasteiger partial charge is 0.191 e. The maximum Gasteiger partial charge on any atom is 0.191 e. The molecule has 0 fully saturated rings. The molecule has 1 rings (SSSR count). The number of unbranched alkanes of at least 4 members (excludes halogenated alkanes) is 1. The highest BCUT2D eigenvalue weighted by molar-refractivity contribution is 14.0. The van der Waals surface area contributed by atoms with Crippen LogP contribution in [0.4, 0.5) is 0 Å². The van der Waals surface area contributed by atoms with Crippen molar-refractivity contribution < 1.29 is 4.74 Å². The van der Waals surface area contributed by atoms with Crippen molar-refractivity contribution in [3.05, 3.63) is 17.0 Å². The number of aliphatic imine (C=N–C) groups is 1. The van der Waals surface area contributed by atoms with Crippen molar-refractivity contribution in [2.45, 2.75) is 47.1 Å². The maximum absolute atomic E-state index is 5.34. The Morgan fingerprint density at radius 3 is 2.52 bits per heavy atom. The maximum atomic E-state index is 5.34. The molecule has 1 aromatic heterocycles. The number of aryl methyl sites for hydroxylation is 2. The normalized spacial score (nSPS) is 11.3. The number of ether oxygens (including phenoxy) is 1. The molecule has 0 atom stereocenters. The van der Waals surface area contributed by atoms with E-state index in [0.29, 0.717) is 6.54 Å². The van der Waals surface area contributed by atoms with Crippen LogP contribution < -0.4 is 10.6 Å². The molecule has 0 aromatic carbocycles. The van der Waals surface area contributed by atoms with Gasteiger partial charge in [-0.25, -0.2) is 4.99 Å². The van der Waals surface area contributed by atoms with Gasteiger partial charge in [-0.2, -0.15) is 5.10 Å². The van der Waals surface area contributed by atoms with Gasteiger partial charge in [0.15, 0.2) is 5.96 Å². The molecule has 0 saturated carbocycles. The van der Waals surface area contributed by atoms with Gasteiger partial charge in [-0.3, -0.25) is 4.68 Å². The highest BCUT2D eigenvalue weighted by atomic mass is 127. The van der Waals surface area contributed by atoms with E-state index in [1.807, 2.05) is 25.6 Å². The molecule has 1 aromatic rings. The van der Waals surface area contributed by atoms with E-state index in [9.17, 15) is 0 Å². The van der Waals surface area contributed by atoms with Crippen molar-refractivity contribution in [1.82, 2.24) is 20.4 Å². The van der Waals surface area contributed by atoms with Gasteiger partial charge in [-0.05, 0) is 40.5 Å². The Labute approximate surface area is 157 Å². The van der Waals surface area contributed by atoms with Gasteiger partial charge in [0.05, 0.1) is 12.2 Å². The molecule has 7 heteroatoms. The molecule has 0 bridgehead atoms. The second kappa shape index (κ2) is 12.6. The average Bonchev–Trinajstić information content (AvgIpc) is 2.73. The average molecular weight is 437 g/mol. The van der Waals surface area contributed by atoms with E-state index >= 15 is 0 Å². The Bertz CT molecular complexity index is 473. The summed E-state index contributed by atoms with van der Waals surface area (Å²) in [5.41, 5.74) is 3.43. The van der Waals surface area contributed by atoms with Crippen LogP contribution in [0.3, 0.4) is 0 Å². The molecule has 0 saturated heterocycles. The van der Waals surface area contributed by atoms with Gasteiger partial charge in [0.1, 0.15) is 0 Å². The summed E-state index contributed by atoms with van der Waals surface area (Å²) in [6.45, 7) is 12.3. The summed E-state index contributed by atoms with van der Waals surface area (Å²) in [6.07, 6.45) is 2.15. The fourth-order valence-electron chi connectivity index (χ4n) is 2.23. The second-order valence-electron chi connectivity index (χ2n) is 5.30. The topological polar surface area (TPSA) is 63.5 Å². The van der Waals surface area contributed by atoms with E-state index in [4.69, 9.17) is 4.74 Å². The van der Waals surface area contributed by atoms with Crippen LogP contribution in [0.15, 0.2) is 4.99 Å². The first-order valence-corrected chi connectivity index (χ1v) is 8.19. The fourth-order valence-corrected chi connectivity index (χ4v) is 2.23. The molecule has 0 aliphatic rings. The van der Waals surface area contributed by atoms with Crippen molar-refractivity contribution in [1.29, 1.82) is 0 Å². The Morgan fingerprint density at radius 1 is 1.22 bits per heavy atom. The molecule has 0 aliphatic carbocycles. The SMILES string of the molecule is CCNC(=NCc1c(C)nn(C)c1C)NCCCCOCC.I. The van der Waals surface area contributed by atoms with Gasteiger partial charge < -0.3 is 15.4 Å². The minimum Gasteiger partial charge on any atom is -0.382 e. The monoisotopic (exact) mass is 437 g/mol. The third-order valence-electron chi connectivity index (χ3n) is 3.61. The molecule has 6 nitrogen and oxygen atoms in total. The Morgan fingerprint density at radius 2 is 1.96 bits per heavy atom. The number of guanidine groups is 1. The summed E-state index contributed by atoms with van der Waals surface area (Å²) in [5.74, 6) is 0.863. The molecule has 1 heterocycles. The first kappa shape index (κ1) is 22.2. The van der Waals surface area contributed by atoms with Crippen LogP contribution in [0.1, 0.15) is 43.6 Å². The van der Waals surface area contributed by atoms with Crippen LogP contribution in [0.2, 0.25) is 0 Å². The van der Waals surface area contributed by atoms with E-state index in [0.717, 1.165) is 50.8 Å². The lowest BCUT2D eigenvalue weighted by Crippen LogP contribution is -2.37. The zero-order chi connectivity index (χ0) is 16.4. The summed E-state index contributed by atoms with van der Waals surface area (Å²) < 4.78 is 7.25. The van der Waals surface area contributed by atoms with E-state index in [1.165, 1.54) is 11.3 Å². The molecule has 2 N–H and O–H groups in total. The number of nitrogens with zero attached hydrogens (tertiary/aromatic N) is 3. The summed E-state index contributed by atoms with van der Waals surface area (Å²) in [4.78, 5) is 4.66. The Kier molecular flexibility index (Phi) is 12.1. The molecule has 0 spiro atoms. The fraction of sp³-hybridized carbons (Fsp3) is 0.750. The first-order chi connectivity index (χ1) is 10.6. The van der Waals surface area contributed by atoms with Gasteiger partial charge in [-0.15, -0.1) is 24.0 Å². The number of hydrogen-bond acceptors (Lipinski definition) is 3. The molecule has 0 radical (unpaired) electrons. The van der Waals surface area contributed by atoms with Crippen LogP contribution in [-0.2, 0) is 18.3 Å². The lowest BCUT2D eigenvalue weighted by molar-refractivity contribution is 0.143. The molecule has 23 heavy (non-hydrogen) atoms. The predicted molar refractivity (Wildman–Crippen MR) is 107 cm³/mol. The first-order valence-electron chi connectivity index (χ1n) is 8.19. The molecular formula is C16H32IN5O. The number of hydrogen-bond donors (Lipinski definition) is 2. The van der Waals surface area contributed by atoms with Crippen molar-refractivity contribution >= 4 is 29.9 Å². The number of nitrogens with one attached hydrogen (secondary N) is 2. The minimum absolute atomic E-state index is 0. The van der Waals surface area contributed by atoms with Crippen molar-refractivity contribution in [3.8, 4) is 0 Å². The van der Waals surface area contributed by atoms with E-state index < -0.39 is 0 Å². The van der Waals surface area contributed by atoms with E-state index in [2.05, 4.69) is 34.6 Å². The van der Waals surface area contributed by atoms with Crippen LogP contribution in [0, 0.1) is 13.8 Å². The summed E-state index contributed by atoms with van der Waals surface area (Å²) in [7, 11) is 1.97. The van der Waals surface area contributed by atoms with E-state index in [1.54, 1.807) is 0 Å². The summed E-state index contributed by atoms with van der Waals surface area (Å²) in [6, 6.07) is 0. The van der Waals surface area contributed by atoms with Crippen molar-refractivity contribution in [3.63, 3.8) is 0 Å². The van der Waals surface area contributed by atoms with Crippen molar-refractivity contribution in [2.24, 2.45) is 12.0 Å². The number of aromatic nitrogens is 2. The molecule has 0 aliphatic heterocycles. The minimum atomic E-state index is 0. The van der Waals surface area contributed by atoms with Crippen LogP contribution in [0.5, 0.6) is 0 Å². The van der Waals surface area contributed by atoms with Gasteiger partial charge in [0.2, 0.25) is 0 Å². The van der Waals surface area contributed by atoms with Crippen LogP contribution in [-0.4, -0.2) is 42.0 Å². The molecular weight excluding hydrogens is 405 g/mol. The van der Waals surface area contributed by atoms with Gasteiger partial charge in [-0.1, -0.05) is 0 Å². The lowest BCUT2D eigenvalue weighted by atomic mass is 10.2. The number of halogens is 1. The second-order valence-corrected chi connectivity index (χ2v) is 5.30. The highest BCUT2D eigenvalue weighted by Crippen LogP contribution is 2.12. The molecule has 134 valence electrons. The third-order valence-corrected chi connectivity index (χ3v) is 3.61. The third kappa shape index (κ3) is 8.01. The quantitative estimate of drug-likeness (QED) is 0.270. The van der Waals surface area contributed by atoms with Crippen LogP contribution in [0.25, 0.3) is 0 Å². The van der Waals surface area contributed by atoms with Crippen molar-refractivity contribution in [2.75, 3.05) is 26.3 Å². The summed E-state index contributed by atoms with van der Waals surface area (Å²) >= 11 is 0. The Hall–Kier alpha value is -0.830. The standard InChI is InChI=1S/C16H31N5O.HI/c1-6-17-16(18-10-8-9-11-22-7-2)19-12-15-13(3)20-21(5)14(15)4;/h6-12H2,1-5H3,(H2,17,18,19);1H. The Balaban J connectivity index is 0.00000484. The molecule has 0 unspecified atom stereocenters. The highest BCUT2D eigenvalue weighted by Gasteiger charge is 2.08. The summed E-state index contributed by atoms with van der Waals surface area (Å²) in [5, 5.41) is 11.1. The van der Waals surface area contributed by atoms with Gasteiger partial charge >= 0.3 is 0 Å².